The summed E-state index contributed by atoms with van der Waals surface area (Å²) in [6.07, 6.45) is 0. The maximum absolute atomic E-state index is 12.4. The van der Waals surface area contributed by atoms with Crippen LogP contribution in [0.5, 0.6) is 11.5 Å². The minimum absolute atomic E-state index is 0.167. The number of benzene rings is 2. The molecule has 0 aliphatic rings. The molecule has 1 amide bonds. The van der Waals surface area contributed by atoms with Gasteiger partial charge < -0.3 is 14.8 Å². The van der Waals surface area contributed by atoms with Gasteiger partial charge in [0, 0.05) is 17.2 Å². The molecule has 1 atom stereocenters. The van der Waals surface area contributed by atoms with E-state index in [1.165, 1.54) is 25.3 Å². The molecule has 8 heteroatoms. The van der Waals surface area contributed by atoms with Crippen molar-refractivity contribution in [1.29, 1.82) is 0 Å². The van der Waals surface area contributed by atoms with Gasteiger partial charge in [0.05, 0.1) is 29.7 Å². The second-order valence-electron chi connectivity index (χ2n) is 5.23. The molecule has 0 aliphatic heterocycles. The number of amides is 1. The Morgan fingerprint density at radius 3 is 2.52 bits per heavy atom. The first kappa shape index (κ1) is 18.7. The molecule has 0 fully saturated rings. The lowest BCUT2D eigenvalue weighted by Crippen LogP contribution is -2.27. The van der Waals surface area contributed by atoms with Crippen molar-refractivity contribution in [2.45, 2.75) is 13.0 Å². The van der Waals surface area contributed by atoms with Crippen LogP contribution in [0.2, 0.25) is 0 Å². The molecule has 2 aromatic rings. The molecule has 7 nitrogen and oxygen atoms in total. The minimum Gasteiger partial charge on any atom is -0.497 e. The number of ether oxygens (including phenoxy) is 2. The lowest BCUT2D eigenvalue weighted by Gasteiger charge is -2.18. The van der Waals surface area contributed by atoms with E-state index in [0.717, 1.165) is 5.56 Å². The van der Waals surface area contributed by atoms with Gasteiger partial charge in [0.2, 0.25) is 0 Å². The molecule has 0 saturated heterocycles. The lowest BCUT2D eigenvalue weighted by atomic mass is 10.1. The zero-order chi connectivity index (χ0) is 18.6. The monoisotopic (exact) mass is 408 g/mol. The molecule has 25 heavy (non-hydrogen) atoms. The van der Waals surface area contributed by atoms with Crippen LogP contribution in [0, 0.1) is 10.1 Å². The van der Waals surface area contributed by atoms with Crippen molar-refractivity contribution in [2.24, 2.45) is 0 Å². The normalized spacial score (nSPS) is 11.5. The average molecular weight is 409 g/mol. The summed E-state index contributed by atoms with van der Waals surface area (Å²) < 4.78 is 10.8. The number of carbonyl (C=O) groups excluding carboxylic acids is 1. The topological polar surface area (TPSA) is 90.7 Å². The van der Waals surface area contributed by atoms with Crippen molar-refractivity contribution in [2.75, 3.05) is 14.2 Å². The SMILES string of the molecule is COc1ccc(OC)c(C(C)NC(=O)c2ccc(Br)c([N+](=O)[O-])c2)c1. The summed E-state index contributed by atoms with van der Waals surface area (Å²) in [5, 5.41) is 13.8. The largest absolute Gasteiger partial charge is 0.497 e. The zero-order valence-electron chi connectivity index (χ0n) is 13.9. The van der Waals surface area contributed by atoms with Crippen molar-refractivity contribution in [1.82, 2.24) is 5.32 Å². The van der Waals surface area contributed by atoms with Crippen molar-refractivity contribution in [3.63, 3.8) is 0 Å². The van der Waals surface area contributed by atoms with Crippen LogP contribution < -0.4 is 14.8 Å². The van der Waals surface area contributed by atoms with E-state index in [9.17, 15) is 14.9 Å². The van der Waals surface area contributed by atoms with Crippen LogP contribution in [0.4, 0.5) is 5.69 Å². The number of hydrogen-bond donors (Lipinski definition) is 1. The van der Waals surface area contributed by atoms with Gasteiger partial charge in [-0.3, -0.25) is 14.9 Å². The zero-order valence-corrected chi connectivity index (χ0v) is 15.5. The summed E-state index contributed by atoms with van der Waals surface area (Å²) in [5.74, 6) is 0.819. The molecule has 2 rings (SSSR count). The fourth-order valence-corrected chi connectivity index (χ4v) is 2.72. The molecule has 1 unspecified atom stereocenters. The number of nitro groups is 1. The van der Waals surface area contributed by atoms with E-state index >= 15 is 0 Å². The smallest absolute Gasteiger partial charge is 0.284 e. The number of hydrogen-bond acceptors (Lipinski definition) is 5. The number of methoxy groups -OCH3 is 2. The van der Waals surface area contributed by atoms with Gasteiger partial charge in [0.25, 0.3) is 11.6 Å². The highest BCUT2D eigenvalue weighted by Gasteiger charge is 2.19. The summed E-state index contributed by atoms with van der Waals surface area (Å²) in [7, 11) is 3.09. The molecule has 0 heterocycles. The van der Waals surface area contributed by atoms with E-state index in [0.29, 0.717) is 16.0 Å². The lowest BCUT2D eigenvalue weighted by molar-refractivity contribution is -0.385. The Bertz CT molecular complexity index is 810. The standard InChI is InChI=1S/C17H17BrN2O5/c1-10(13-9-12(24-2)5-7-16(13)25-3)19-17(21)11-4-6-14(18)15(8-11)20(22)23/h4-10H,1-3H3,(H,19,21). The van der Waals surface area contributed by atoms with Crippen molar-refractivity contribution >= 4 is 27.5 Å². The Labute approximate surface area is 153 Å². The van der Waals surface area contributed by atoms with Gasteiger partial charge in [0.15, 0.2) is 0 Å². The number of halogens is 1. The predicted octanol–water partition coefficient (Wildman–Crippen LogP) is 3.87. The molecular formula is C17H17BrN2O5. The molecule has 0 spiro atoms. The number of nitro benzene ring substituents is 1. The number of nitrogens with zero attached hydrogens (tertiary/aromatic N) is 1. The third-order valence-electron chi connectivity index (χ3n) is 3.66. The molecule has 132 valence electrons. The summed E-state index contributed by atoms with van der Waals surface area (Å²) in [6, 6.07) is 9.12. The summed E-state index contributed by atoms with van der Waals surface area (Å²) in [5.41, 5.74) is 0.768. The Balaban J connectivity index is 2.26. The van der Waals surface area contributed by atoms with Crippen LogP contribution in [0.3, 0.4) is 0 Å². The Morgan fingerprint density at radius 1 is 1.20 bits per heavy atom. The summed E-state index contributed by atoms with van der Waals surface area (Å²) in [6.45, 7) is 1.79. The van der Waals surface area contributed by atoms with Gasteiger partial charge in [-0.2, -0.15) is 0 Å². The van der Waals surface area contributed by atoms with E-state index < -0.39 is 10.8 Å². The highest BCUT2D eigenvalue weighted by Crippen LogP contribution is 2.30. The van der Waals surface area contributed by atoms with Gasteiger partial charge in [-0.05, 0) is 53.2 Å². The van der Waals surface area contributed by atoms with Crippen LogP contribution in [0.1, 0.15) is 28.9 Å². The number of nitrogens with one attached hydrogen (secondary N) is 1. The van der Waals surface area contributed by atoms with E-state index in [-0.39, 0.29) is 17.3 Å². The van der Waals surface area contributed by atoms with Crippen LogP contribution in [0.25, 0.3) is 0 Å². The second-order valence-corrected chi connectivity index (χ2v) is 6.08. The van der Waals surface area contributed by atoms with Crippen LogP contribution in [-0.2, 0) is 0 Å². The average Bonchev–Trinajstić information content (AvgIpc) is 2.60. The quantitative estimate of drug-likeness (QED) is 0.578. The van der Waals surface area contributed by atoms with Crippen molar-refractivity contribution in [3.8, 4) is 11.5 Å². The molecule has 0 bridgehead atoms. The minimum atomic E-state index is -0.546. The van der Waals surface area contributed by atoms with Gasteiger partial charge in [-0.25, -0.2) is 0 Å². The fraction of sp³-hybridized carbons (Fsp3) is 0.235. The molecule has 0 aliphatic carbocycles. The third kappa shape index (κ3) is 4.27. The van der Waals surface area contributed by atoms with Gasteiger partial charge >= 0.3 is 0 Å². The van der Waals surface area contributed by atoms with E-state index in [2.05, 4.69) is 21.2 Å². The fourth-order valence-electron chi connectivity index (χ4n) is 2.33. The van der Waals surface area contributed by atoms with Crippen molar-refractivity contribution in [3.05, 3.63) is 62.1 Å². The first-order valence-corrected chi connectivity index (χ1v) is 8.13. The maximum Gasteiger partial charge on any atom is 0.284 e. The van der Waals surface area contributed by atoms with Crippen molar-refractivity contribution < 1.29 is 19.2 Å². The maximum atomic E-state index is 12.4. The summed E-state index contributed by atoms with van der Waals surface area (Å²) in [4.78, 5) is 22.9. The molecule has 0 aromatic heterocycles. The van der Waals surface area contributed by atoms with Gasteiger partial charge in [-0.1, -0.05) is 0 Å². The summed E-state index contributed by atoms with van der Waals surface area (Å²) >= 11 is 3.10. The third-order valence-corrected chi connectivity index (χ3v) is 4.33. The van der Waals surface area contributed by atoms with E-state index in [1.54, 1.807) is 32.2 Å². The molecule has 0 saturated carbocycles. The molecule has 0 radical (unpaired) electrons. The number of carbonyl (C=O) groups is 1. The van der Waals surface area contributed by atoms with Gasteiger partial charge in [0.1, 0.15) is 11.5 Å². The predicted molar refractivity (Wildman–Crippen MR) is 96.2 cm³/mol. The van der Waals surface area contributed by atoms with E-state index in [4.69, 9.17) is 9.47 Å². The Morgan fingerprint density at radius 2 is 1.92 bits per heavy atom. The molecule has 2 aromatic carbocycles. The first-order chi connectivity index (χ1) is 11.9. The van der Waals surface area contributed by atoms with Crippen LogP contribution in [0.15, 0.2) is 40.9 Å². The molecule has 1 N–H and O–H groups in total. The Kier molecular flexibility index (Phi) is 5.97. The van der Waals surface area contributed by atoms with Crippen LogP contribution >= 0.6 is 15.9 Å². The van der Waals surface area contributed by atoms with Crippen LogP contribution in [-0.4, -0.2) is 25.1 Å². The Hall–Kier alpha value is -2.61. The number of rotatable bonds is 6. The molecular weight excluding hydrogens is 392 g/mol. The highest BCUT2D eigenvalue weighted by molar-refractivity contribution is 9.10. The van der Waals surface area contributed by atoms with Gasteiger partial charge in [-0.15, -0.1) is 0 Å². The van der Waals surface area contributed by atoms with E-state index in [1.807, 2.05) is 0 Å². The first-order valence-electron chi connectivity index (χ1n) is 7.34. The highest BCUT2D eigenvalue weighted by atomic mass is 79.9. The second kappa shape index (κ2) is 7.98.